The summed E-state index contributed by atoms with van der Waals surface area (Å²) in [5.74, 6) is 0.525. The summed E-state index contributed by atoms with van der Waals surface area (Å²) < 4.78 is 0. The van der Waals surface area contributed by atoms with E-state index in [2.05, 4.69) is 4.99 Å². The highest BCUT2D eigenvalue weighted by Gasteiger charge is 2.24. The highest BCUT2D eigenvalue weighted by Crippen LogP contribution is 2.29. The Hall–Kier alpha value is -1.68. The monoisotopic (exact) mass is 258 g/mol. The van der Waals surface area contributed by atoms with Crippen LogP contribution < -0.4 is 0 Å². The van der Waals surface area contributed by atoms with Gasteiger partial charge in [0.2, 0.25) is 0 Å². The second-order valence-corrected chi connectivity index (χ2v) is 5.21. The molecule has 2 fully saturated rings. The molecule has 0 radical (unpaired) electrons. The van der Waals surface area contributed by atoms with Crippen molar-refractivity contribution >= 4 is 11.7 Å². The molecule has 0 spiro atoms. The number of rotatable bonds is 4. The van der Waals surface area contributed by atoms with Crippen molar-refractivity contribution < 1.29 is 9.63 Å². The summed E-state index contributed by atoms with van der Waals surface area (Å²) in [7, 11) is 0. The lowest BCUT2D eigenvalue weighted by atomic mass is 10.2. The third-order valence-corrected chi connectivity index (χ3v) is 3.50. The molecule has 0 N–H and O–H groups in total. The zero-order valence-corrected chi connectivity index (χ0v) is 10.9. The van der Waals surface area contributed by atoms with Crippen LogP contribution in [0.1, 0.15) is 29.6 Å². The van der Waals surface area contributed by atoms with Crippen LogP contribution in [0.3, 0.4) is 0 Å². The van der Waals surface area contributed by atoms with E-state index in [9.17, 15) is 4.79 Å². The van der Waals surface area contributed by atoms with Crippen molar-refractivity contribution in [3.8, 4) is 0 Å². The number of hydrogen-bond donors (Lipinski definition) is 0. The van der Waals surface area contributed by atoms with E-state index in [1.807, 2.05) is 18.2 Å². The van der Waals surface area contributed by atoms with Gasteiger partial charge in [-0.15, -0.1) is 5.06 Å². The Labute approximate surface area is 113 Å². The molecular weight excluding hydrogens is 240 g/mol. The van der Waals surface area contributed by atoms with Gasteiger partial charge in [0.25, 0.3) is 0 Å². The van der Waals surface area contributed by atoms with Gasteiger partial charge >= 0.3 is 5.97 Å². The van der Waals surface area contributed by atoms with Crippen LogP contribution in [0.5, 0.6) is 0 Å². The molecule has 0 atom stereocenters. The molecule has 0 amide bonds. The Morgan fingerprint density at radius 3 is 2.84 bits per heavy atom. The van der Waals surface area contributed by atoms with Crippen molar-refractivity contribution in [2.24, 2.45) is 10.9 Å². The lowest BCUT2D eigenvalue weighted by Crippen LogP contribution is -2.25. The predicted octanol–water partition coefficient (Wildman–Crippen LogP) is 2.32. The first-order chi connectivity index (χ1) is 9.31. The molecule has 1 aliphatic heterocycles. The molecule has 1 saturated heterocycles. The van der Waals surface area contributed by atoms with Gasteiger partial charge in [-0.1, -0.05) is 18.2 Å². The number of carbonyl (C=O) groups is 1. The van der Waals surface area contributed by atoms with E-state index in [4.69, 9.17) is 4.84 Å². The van der Waals surface area contributed by atoms with Crippen molar-refractivity contribution in [3.05, 3.63) is 35.9 Å². The average Bonchev–Trinajstić information content (AvgIpc) is 3.17. The van der Waals surface area contributed by atoms with Crippen LogP contribution in [0.2, 0.25) is 0 Å². The first kappa shape index (κ1) is 12.4. The van der Waals surface area contributed by atoms with Crippen LogP contribution in [0, 0.1) is 5.92 Å². The smallest absolute Gasteiger partial charge is 0.357 e. The number of nitrogens with zero attached hydrogens (tertiary/aromatic N) is 2. The average molecular weight is 258 g/mol. The van der Waals surface area contributed by atoms with Crippen LogP contribution in [0.15, 0.2) is 35.3 Å². The summed E-state index contributed by atoms with van der Waals surface area (Å²) >= 11 is 0. The fourth-order valence-electron chi connectivity index (χ4n) is 2.13. The van der Waals surface area contributed by atoms with Crippen molar-refractivity contribution in [3.63, 3.8) is 0 Å². The minimum absolute atomic E-state index is 0.288. The Morgan fingerprint density at radius 1 is 1.32 bits per heavy atom. The molecule has 2 aliphatic rings. The maximum absolute atomic E-state index is 11.9. The SMILES string of the molecule is O=C(ON1CC/C(=N/CC2CC2)C1)c1ccccc1. The summed E-state index contributed by atoms with van der Waals surface area (Å²) in [5, 5.41) is 1.71. The fourth-order valence-corrected chi connectivity index (χ4v) is 2.13. The molecule has 19 heavy (non-hydrogen) atoms. The summed E-state index contributed by atoms with van der Waals surface area (Å²) in [6, 6.07) is 9.09. The third-order valence-electron chi connectivity index (χ3n) is 3.50. The molecular formula is C15H18N2O2. The quantitative estimate of drug-likeness (QED) is 0.832. The molecule has 0 aromatic heterocycles. The molecule has 1 aromatic carbocycles. The molecule has 4 heteroatoms. The number of aliphatic imine (C=N–C) groups is 1. The fraction of sp³-hybridized carbons (Fsp3) is 0.467. The van der Waals surface area contributed by atoms with Crippen molar-refractivity contribution in [2.45, 2.75) is 19.3 Å². The van der Waals surface area contributed by atoms with E-state index < -0.39 is 0 Å². The second kappa shape index (κ2) is 5.53. The van der Waals surface area contributed by atoms with E-state index in [0.717, 1.165) is 31.1 Å². The minimum atomic E-state index is -0.288. The van der Waals surface area contributed by atoms with Gasteiger partial charge in [-0.3, -0.25) is 4.99 Å². The van der Waals surface area contributed by atoms with Crippen LogP contribution in [-0.2, 0) is 4.84 Å². The third kappa shape index (κ3) is 3.41. The number of carbonyl (C=O) groups excluding carboxylic acids is 1. The van der Waals surface area contributed by atoms with Gasteiger partial charge in [-0.2, -0.15) is 0 Å². The molecule has 1 heterocycles. The van der Waals surface area contributed by atoms with Gasteiger partial charge in [0.1, 0.15) is 0 Å². The maximum Gasteiger partial charge on any atom is 0.357 e. The molecule has 1 saturated carbocycles. The highest BCUT2D eigenvalue weighted by atomic mass is 16.7. The Morgan fingerprint density at radius 2 is 2.11 bits per heavy atom. The largest absolute Gasteiger partial charge is 0.363 e. The van der Waals surface area contributed by atoms with Gasteiger partial charge < -0.3 is 4.84 Å². The lowest BCUT2D eigenvalue weighted by molar-refractivity contribution is -0.0893. The van der Waals surface area contributed by atoms with Gasteiger partial charge in [0, 0.05) is 25.2 Å². The highest BCUT2D eigenvalue weighted by molar-refractivity contribution is 5.90. The zero-order valence-electron chi connectivity index (χ0n) is 10.9. The molecule has 3 rings (SSSR count). The van der Waals surface area contributed by atoms with Crippen molar-refractivity contribution in [1.82, 2.24) is 5.06 Å². The summed E-state index contributed by atoms with van der Waals surface area (Å²) in [6.07, 6.45) is 3.56. The maximum atomic E-state index is 11.9. The first-order valence-corrected chi connectivity index (χ1v) is 6.86. The van der Waals surface area contributed by atoms with Crippen LogP contribution in [-0.4, -0.2) is 36.4 Å². The lowest BCUT2D eigenvalue weighted by Gasteiger charge is -2.13. The molecule has 0 bridgehead atoms. The Balaban J connectivity index is 1.51. The van der Waals surface area contributed by atoms with E-state index in [-0.39, 0.29) is 5.97 Å². The predicted molar refractivity (Wildman–Crippen MR) is 73.1 cm³/mol. The van der Waals surface area contributed by atoms with Crippen LogP contribution in [0.25, 0.3) is 0 Å². The van der Waals surface area contributed by atoms with E-state index in [1.165, 1.54) is 12.8 Å². The van der Waals surface area contributed by atoms with E-state index in [0.29, 0.717) is 12.1 Å². The van der Waals surface area contributed by atoms with Gasteiger partial charge in [0.15, 0.2) is 0 Å². The van der Waals surface area contributed by atoms with E-state index >= 15 is 0 Å². The Bertz CT molecular complexity index is 480. The zero-order chi connectivity index (χ0) is 13.1. The van der Waals surface area contributed by atoms with Gasteiger partial charge in [-0.25, -0.2) is 4.79 Å². The normalized spacial score (nSPS) is 21.8. The van der Waals surface area contributed by atoms with Gasteiger partial charge in [0.05, 0.1) is 12.1 Å². The topological polar surface area (TPSA) is 41.9 Å². The summed E-state index contributed by atoms with van der Waals surface area (Å²) in [4.78, 5) is 21.8. The van der Waals surface area contributed by atoms with E-state index in [1.54, 1.807) is 17.2 Å². The Kier molecular flexibility index (Phi) is 3.60. The second-order valence-electron chi connectivity index (χ2n) is 5.21. The number of hydroxylamine groups is 2. The van der Waals surface area contributed by atoms with Crippen molar-refractivity contribution in [1.29, 1.82) is 0 Å². The van der Waals surface area contributed by atoms with Gasteiger partial charge in [-0.05, 0) is 30.9 Å². The first-order valence-electron chi connectivity index (χ1n) is 6.86. The molecule has 100 valence electrons. The van der Waals surface area contributed by atoms with Crippen molar-refractivity contribution in [2.75, 3.05) is 19.6 Å². The minimum Gasteiger partial charge on any atom is -0.363 e. The molecule has 4 nitrogen and oxygen atoms in total. The summed E-state index contributed by atoms with van der Waals surface area (Å²) in [5.41, 5.74) is 1.75. The standard InChI is InChI=1S/C15H18N2O2/c18-15(13-4-2-1-3-5-13)19-17-9-8-14(11-17)16-10-12-6-7-12/h1-5,12H,6-11H2/b16-14-. The number of benzene rings is 1. The van der Waals surface area contributed by atoms with Crippen LogP contribution in [0.4, 0.5) is 0 Å². The molecule has 1 aromatic rings. The number of hydrogen-bond acceptors (Lipinski definition) is 4. The van der Waals surface area contributed by atoms with Crippen LogP contribution >= 0.6 is 0 Å². The molecule has 1 aliphatic carbocycles. The summed E-state index contributed by atoms with van der Waals surface area (Å²) in [6.45, 7) is 2.36. The molecule has 0 unspecified atom stereocenters.